The lowest BCUT2D eigenvalue weighted by atomic mass is 9.95. The van der Waals surface area contributed by atoms with Gasteiger partial charge in [-0.15, -0.1) is 0 Å². The van der Waals surface area contributed by atoms with E-state index in [2.05, 4.69) is 15.4 Å². The van der Waals surface area contributed by atoms with Crippen LogP contribution in [-0.4, -0.2) is 31.1 Å². The zero-order valence-corrected chi connectivity index (χ0v) is 13.5. The van der Waals surface area contributed by atoms with Crippen LogP contribution in [0.2, 0.25) is 0 Å². The van der Waals surface area contributed by atoms with Gasteiger partial charge in [-0.1, -0.05) is 19.3 Å². The third-order valence-electron chi connectivity index (χ3n) is 4.42. The predicted molar refractivity (Wildman–Crippen MR) is 86.2 cm³/mol. The lowest BCUT2D eigenvalue weighted by Crippen LogP contribution is -2.36. The van der Waals surface area contributed by atoms with Crippen LogP contribution in [0.3, 0.4) is 0 Å². The summed E-state index contributed by atoms with van der Waals surface area (Å²) in [5.41, 5.74) is 0.164. The Bertz CT molecular complexity index is 742. The molecule has 1 aliphatic rings. The number of amides is 1. The minimum Gasteiger partial charge on any atom is -0.353 e. The molecule has 0 spiro atoms. The van der Waals surface area contributed by atoms with Crippen molar-refractivity contribution in [2.24, 2.45) is 0 Å². The molecule has 0 saturated heterocycles. The Morgan fingerprint density at radius 1 is 1.35 bits per heavy atom. The van der Waals surface area contributed by atoms with Crippen molar-refractivity contribution in [2.75, 3.05) is 0 Å². The summed E-state index contributed by atoms with van der Waals surface area (Å²) in [5.74, 6) is 0.785. The zero-order chi connectivity index (χ0) is 16.2. The van der Waals surface area contributed by atoms with Crippen molar-refractivity contribution in [2.45, 2.75) is 64.5 Å². The van der Waals surface area contributed by atoms with E-state index >= 15 is 0 Å². The van der Waals surface area contributed by atoms with E-state index in [0.29, 0.717) is 36.9 Å². The number of nitrogens with one attached hydrogen (secondary N) is 1. The molecule has 2 aromatic rings. The van der Waals surface area contributed by atoms with Gasteiger partial charge in [0, 0.05) is 31.4 Å². The molecular formula is C16H23N5O2. The largest absolute Gasteiger partial charge is 0.353 e. The van der Waals surface area contributed by atoms with Crippen molar-refractivity contribution in [3.8, 4) is 0 Å². The lowest BCUT2D eigenvalue weighted by Gasteiger charge is -2.22. The van der Waals surface area contributed by atoms with Gasteiger partial charge in [0.1, 0.15) is 5.82 Å². The van der Waals surface area contributed by atoms with E-state index in [4.69, 9.17) is 0 Å². The monoisotopic (exact) mass is 317 g/mol. The van der Waals surface area contributed by atoms with Crippen LogP contribution in [0, 0.1) is 6.92 Å². The van der Waals surface area contributed by atoms with Gasteiger partial charge in [-0.05, 0) is 26.2 Å². The number of imidazole rings is 1. The summed E-state index contributed by atoms with van der Waals surface area (Å²) >= 11 is 0. The van der Waals surface area contributed by atoms with Crippen LogP contribution in [-0.2, 0) is 11.3 Å². The zero-order valence-electron chi connectivity index (χ0n) is 13.5. The van der Waals surface area contributed by atoms with Gasteiger partial charge in [0.2, 0.25) is 11.6 Å². The molecule has 0 aliphatic heterocycles. The molecule has 0 aromatic carbocycles. The van der Waals surface area contributed by atoms with Gasteiger partial charge in [0.05, 0.1) is 0 Å². The van der Waals surface area contributed by atoms with Crippen LogP contribution in [0.15, 0.2) is 17.2 Å². The molecule has 23 heavy (non-hydrogen) atoms. The lowest BCUT2D eigenvalue weighted by molar-refractivity contribution is -0.122. The number of carbonyl (C=O) groups excluding carboxylic acids is 1. The second-order valence-electron chi connectivity index (χ2n) is 6.20. The number of rotatable bonds is 5. The normalized spacial score (nSPS) is 15.9. The van der Waals surface area contributed by atoms with E-state index in [1.54, 1.807) is 16.8 Å². The summed E-state index contributed by atoms with van der Waals surface area (Å²) in [6.07, 6.45) is 10.2. The molecule has 0 radical (unpaired) electrons. The maximum atomic E-state index is 12.3. The molecule has 7 nitrogen and oxygen atoms in total. The first-order valence-corrected chi connectivity index (χ1v) is 8.35. The molecule has 1 fully saturated rings. The molecule has 0 atom stereocenters. The van der Waals surface area contributed by atoms with Crippen LogP contribution < -0.4 is 10.9 Å². The number of carbonyl (C=O) groups is 1. The topological polar surface area (TPSA) is 81.3 Å². The highest BCUT2D eigenvalue weighted by atomic mass is 16.1. The van der Waals surface area contributed by atoms with E-state index < -0.39 is 0 Å². The van der Waals surface area contributed by atoms with Crippen LogP contribution in [0.4, 0.5) is 0 Å². The van der Waals surface area contributed by atoms with Gasteiger partial charge < -0.3 is 5.32 Å². The average molecular weight is 317 g/mol. The fourth-order valence-corrected chi connectivity index (χ4v) is 3.19. The fraction of sp³-hybridized carbons (Fsp3) is 0.625. The molecular weight excluding hydrogens is 294 g/mol. The SMILES string of the molecule is Cc1nn(CCCC(=O)NC2CCCCC2)c(=O)c2nccn12. The first kappa shape index (κ1) is 15.7. The van der Waals surface area contributed by atoms with Crippen molar-refractivity contribution in [3.05, 3.63) is 28.6 Å². The number of hydrogen-bond acceptors (Lipinski definition) is 4. The minimum absolute atomic E-state index is 0.0727. The summed E-state index contributed by atoms with van der Waals surface area (Å²) in [4.78, 5) is 28.3. The molecule has 2 heterocycles. The van der Waals surface area contributed by atoms with Crippen LogP contribution in [0.1, 0.15) is 50.8 Å². The quantitative estimate of drug-likeness (QED) is 0.904. The fourth-order valence-electron chi connectivity index (χ4n) is 3.19. The van der Waals surface area contributed by atoms with E-state index in [0.717, 1.165) is 12.8 Å². The molecule has 124 valence electrons. The highest BCUT2D eigenvalue weighted by Crippen LogP contribution is 2.17. The number of hydrogen-bond donors (Lipinski definition) is 1. The number of fused-ring (bicyclic) bond motifs is 1. The first-order chi connectivity index (χ1) is 11.1. The standard InChI is InChI=1S/C16H23N5O2/c1-12-19-21(16(23)15-17-9-11-20(12)15)10-5-8-14(22)18-13-6-3-2-4-7-13/h9,11,13H,2-8,10H2,1H3,(H,18,22). The Labute approximate surface area is 134 Å². The van der Waals surface area contributed by atoms with Gasteiger partial charge in [-0.3, -0.25) is 14.0 Å². The molecule has 1 amide bonds. The van der Waals surface area contributed by atoms with Crippen molar-refractivity contribution < 1.29 is 4.79 Å². The van der Waals surface area contributed by atoms with Gasteiger partial charge in [0.25, 0.3) is 0 Å². The molecule has 1 saturated carbocycles. The van der Waals surface area contributed by atoms with Gasteiger partial charge in [-0.2, -0.15) is 5.10 Å². The van der Waals surface area contributed by atoms with Gasteiger partial charge in [0.15, 0.2) is 0 Å². The highest BCUT2D eigenvalue weighted by Gasteiger charge is 2.15. The molecule has 7 heteroatoms. The van der Waals surface area contributed by atoms with E-state index in [1.807, 2.05) is 6.92 Å². The minimum atomic E-state index is -0.215. The molecule has 0 unspecified atom stereocenters. The van der Waals surface area contributed by atoms with Crippen molar-refractivity contribution in [1.82, 2.24) is 24.5 Å². The summed E-state index contributed by atoms with van der Waals surface area (Å²) in [6, 6.07) is 0.334. The number of aryl methyl sites for hydroxylation is 2. The highest BCUT2D eigenvalue weighted by molar-refractivity contribution is 5.76. The van der Waals surface area contributed by atoms with E-state index in [1.165, 1.54) is 23.9 Å². The third-order valence-corrected chi connectivity index (χ3v) is 4.42. The Balaban J connectivity index is 1.55. The molecule has 1 N–H and O–H groups in total. The maximum absolute atomic E-state index is 12.3. The summed E-state index contributed by atoms with van der Waals surface area (Å²) in [6.45, 7) is 2.27. The summed E-state index contributed by atoms with van der Waals surface area (Å²) < 4.78 is 3.08. The molecule has 2 aromatic heterocycles. The van der Waals surface area contributed by atoms with Crippen molar-refractivity contribution in [3.63, 3.8) is 0 Å². The Morgan fingerprint density at radius 3 is 2.91 bits per heavy atom. The van der Waals surface area contributed by atoms with Gasteiger partial charge >= 0.3 is 5.56 Å². The van der Waals surface area contributed by atoms with Crippen LogP contribution in [0.5, 0.6) is 0 Å². The average Bonchev–Trinajstić information content (AvgIpc) is 3.03. The Kier molecular flexibility index (Phi) is 4.73. The number of nitrogens with zero attached hydrogens (tertiary/aromatic N) is 4. The third kappa shape index (κ3) is 3.60. The maximum Gasteiger partial charge on any atom is 0.310 e. The van der Waals surface area contributed by atoms with Crippen molar-refractivity contribution in [1.29, 1.82) is 0 Å². The van der Waals surface area contributed by atoms with Gasteiger partial charge in [-0.25, -0.2) is 9.67 Å². The number of aromatic nitrogens is 4. The van der Waals surface area contributed by atoms with Crippen molar-refractivity contribution >= 4 is 11.6 Å². The summed E-state index contributed by atoms with van der Waals surface area (Å²) in [7, 11) is 0. The predicted octanol–water partition coefficient (Wildman–Crippen LogP) is 1.43. The summed E-state index contributed by atoms with van der Waals surface area (Å²) in [5, 5.41) is 7.37. The van der Waals surface area contributed by atoms with E-state index in [9.17, 15) is 9.59 Å². The van der Waals surface area contributed by atoms with Crippen LogP contribution in [0.25, 0.3) is 5.65 Å². The molecule has 1 aliphatic carbocycles. The van der Waals surface area contributed by atoms with Crippen LogP contribution >= 0.6 is 0 Å². The van der Waals surface area contributed by atoms with E-state index in [-0.39, 0.29) is 11.5 Å². The molecule has 3 rings (SSSR count). The first-order valence-electron chi connectivity index (χ1n) is 8.35. The second kappa shape index (κ2) is 6.93. The smallest absolute Gasteiger partial charge is 0.310 e. The second-order valence-corrected chi connectivity index (χ2v) is 6.20. The Hall–Kier alpha value is -2.18. The Morgan fingerprint density at radius 2 is 2.13 bits per heavy atom. The molecule has 0 bridgehead atoms.